The predicted molar refractivity (Wildman–Crippen MR) is 70.4 cm³/mol. The summed E-state index contributed by atoms with van der Waals surface area (Å²) in [7, 11) is 0. The fourth-order valence-corrected chi connectivity index (χ4v) is 1.90. The normalized spacial score (nSPS) is 10.2. The second kappa shape index (κ2) is 6.69. The number of carbonyl (C=O) groups excluding carboxylic acids is 1. The number of amides is 1. The third-order valence-electron chi connectivity index (χ3n) is 2.66. The molecule has 3 heteroatoms. The van der Waals surface area contributed by atoms with Crippen LogP contribution in [0.15, 0.2) is 28.7 Å². The number of halogens is 1. The van der Waals surface area contributed by atoms with Crippen molar-refractivity contribution in [1.82, 2.24) is 4.90 Å². The molecule has 0 radical (unpaired) electrons. The van der Waals surface area contributed by atoms with E-state index in [9.17, 15) is 4.79 Å². The number of nitrogens with zero attached hydrogens (tertiary/aromatic N) is 1. The quantitative estimate of drug-likeness (QED) is 0.812. The Morgan fingerprint density at radius 1 is 1.19 bits per heavy atom. The van der Waals surface area contributed by atoms with Crippen molar-refractivity contribution in [2.75, 3.05) is 13.1 Å². The molecule has 0 aliphatic rings. The van der Waals surface area contributed by atoms with Crippen LogP contribution in [0.25, 0.3) is 0 Å². The summed E-state index contributed by atoms with van der Waals surface area (Å²) in [4.78, 5) is 13.6. The zero-order chi connectivity index (χ0) is 12.0. The van der Waals surface area contributed by atoms with E-state index < -0.39 is 0 Å². The largest absolute Gasteiger partial charge is 0.343 e. The summed E-state index contributed by atoms with van der Waals surface area (Å²) in [5, 5.41) is 0. The first-order valence-corrected chi connectivity index (χ1v) is 6.48. The third kappa shape index (κ3) is 3.97. The van der Waals surface area contributed by atoms with E-state index in [1.54, 1.807) is 0 Å². The Labute approximate surface area is 106 Å². The van der Waals surface area contributed by atoms with Gasteiger partial charge in [-0.3, -0.25) is 4.79 Å². The minimum absolute atomic E-state index is 0.243. The second-order valence-corrected chi connectivity index (χ2v) is 4.61. The van der Waals surface area contributed by atoms with Crippen molar-refractivity contribution < 1.29 is 4.79 Å². The Hall–Kier alpha value is -0.830. The van der Waals surface area contributed by atoms with Crippen LogP contribution in [0.4, 0.5) is 0 Å². The van der Waals surface area contributed by atoms with E-state index in [-0.39, 0.29) is 5.91 Å². The van der Waals surface area contributed by atoms with Gasteiger partial charge in [0.2, 0.25) is 5.91 Å². The summed E-state index contributed by atoms with van der Waals surface area (Å²) < 4.78 is 1.08. The van der Waals surface area contributed by atoms with Crippen molar-refractivity contribution in [1.29, 1.82) is 0 Å². The Morgan fingerprint density at radius 2 is 1.75 bits per heavy atom. The van der Waals surface area contributed by atoms with E-state index in [1.165, 1.54) is 5.56 Å². The topological polar surface area (TPSA) is 20.3 Å². The lowest BCUT2D eigenvalue weighted by molar-refractivity contribution is -0.130. The van der Waals surface area contributed by atoms with Crippen LogP contribution >= 0.6 is 15.9 Å². The van der Waals surface area contributed by atoms with Gasteiger partial charge in [0.1, 0.15) is 0 Å². The van der Waals surface area contributed by atoms with E-state index in [0.717, 1.165) is 24.0 Å². The van der Waals surface area contributed by atoms with Gasteiger partial charge in [0.15, 0.2) is 0 Å². The Morgan fingerprint density at radius 3 is 2.25 bits per heavy atom. The maximum atomic E-state index is 11.8. The van der Waals surface area contributed by atoms with Crippen LogP contribution < -0.4 is 0 Å². The van der Waals surface area contributed by atoms with E-state index in [2.05, 4.69) is 28.1 Å². The van der Waals surface area contributed by atoms with Crippen LogP contribution in [0.3, 0.4) is 0 Å². The lowest BCUT2D eigenvalue weighted by Gasteiger charge is -2.18. The average molecular weight is 284 g/mol. The minimum atomic E-state index is 0.243. The molecule has 0 unspecified atom stereocenters. The molecule has 0 spiro atoms. The first-order valence-electron chi connectivity index (χ1n) is 5.69. The van der Waals surface area contributed by atoms with Crippen LogP contribution in [0.2, 0.25) is 0 Å². The average Bonchev–Trinajstić information content (AvgIpc) is 2.30. The molecule has 2 nitrogen and oxygen atoms in total. The smallest absolute Gasteiger partial charge is 0.222 e. The molecular formula is C13H18BrNO. The molecule has 0 bridgehead atoms. The van der Waals surface area contributed by atoms with Crippen LogP contribution in [0.1, 0.15) is 25.8 Å². The van der Waals surface area contributed by atoms with Crippen LogP contribution in [-0.4, -0.2) is 23.9 Å². The van der Waals surface area contributed by atoms with Crippen molar-refractivity contribution in [3.8, 4) is 0 Å². The molecule has 1 amide bonds. The zero-order valence-electron chi connectivity index (χ0n) is 9.87. The van der Waals surface area contributed by atoms with Gasteiger partial charge in [0.25, 0.3) is 0 Å². The molecule has 16 heavy (non-hydrogen) atoms. The number of aryl methyl sites for hydroxylation is 1. The van der Waals surface area contributed by atoms with Crippen LogP contribution in [0, 0.1) is 0 Å². The first kappa shape index (κ1) is 13.2. The molecule has 1 rings (SSSR count). The van der Waals surface area contributed by atoms with Crippen molar-refractivity contribution in [3.63, 3.8) is 0 Å². The van der Waals surface area contributed by atoms with Gasteiger partial charge in [-0.15, -0.1) is 0 Å². The first-order chi connectivity index (χ1) is 7.67. The SMILES string of the molecule is CCN(CC)C(=O)CCc1ccc(Br)cc1. The number of hydrogen-bond donors (Lipinski definition) is 0. The lowest BCUT2D eigenvalue weighted by Crippen LogP contribution is -2.30. The summed E-state index contributed by atoms with van der Waals surface area (Å²) in [5.74, 6) is 0.243. The molecule has 0 aliphatic carbocycles. The number of hydrogen-bond acceptors (Lipinski definition) is 1. The van der Waals surface area contributed by atoms with Crippen molar-refractivity contribution in [3.05, 3.63) is 34.3 Å². The monoisotopic (exact) mass is 283 g/mol. The summed E-state index contributed by atoms with van der Waals surface area (Å²) in [6, 6.07) is 8.13. The van der Waals surface area contributed by atoms with E-state index in [1.807, 2.05) is 30.9 Å². The molecule has 1 aromatic rings. The van der Waals surface area contributed by atoms with Gasteiger partial charge < -0.3 is 4.90 Å². The fourth-order valence-electron chi connectivity index (χ4n) is 1.64. The number of carbonyl (C=O) groups is 1. The fraction of sp³-hybridized carbons (Fsp3) is 0.462. The Balaban J connectivity index is 2.45. The highest BCUT2D eigenvalue weighted by atomic mass is 79.9. The van der Waals surface area contributed by atoms with E-state index >= 15 is 0 Å². The molecule has 0 aromatic heterocycles. The van der Waals surface area contributed by atoms with Crippen molar-refractivity contribution in [2.45, 2.75) is 26.7 Å². The summed E-state index contributed by atoms with van der Waals surface area (Å²) in [6.07, 6.45) is 1.42. The van der Waals surface area contributed by atoms with E-state index in [0.29, 0.717) is 6.42 Å². The van der Waals surface area contributed by atoms with E-state index in [4.69, 9.17) is 0 Å². The Bertz CT molecular complexity index is 330. The van der Waals surface area contributed by atoms with Crippen LogP contribution in [-0.2, 0) is 11.2 Å². The Kier molecular flexibility index (Phi) is 5.53. The van der Waals surface area contributed by atoms with Gasteiger partial charge in [0, 0.05) is 24.0 Å². The van der Waals surface area contributed by atoms with Gasteiger partial charge in [-0.2, -0.15) is 0 Å². The van der Waals surface area contributed by atoms with Crippen molar-refractivity contribution >= 4 is 21.8 Å². The molecule has 0 fully saturated rings. The molecule has 0 saturated heterocycles. The lowest BCUT2D eigenvalue weighted by atomic mass is 10.1. The molecule has 0 atom stereocenters. The molecule has 0 heterocycles. The highest BCUT2D eigenvalue weighted by Crippen LogP contribution is 2.12. The number of rotatable bonds is 5. The molecule has 88 valence electrons. The van der Waals surface area contributed by atoms with Crippen LogP contribution in [0.5, 0.6) is 0 Å². The minimum Gasteiger partial charge on any atom is -0.343 e. The summed E-state index contributed by atoms with van der Waals surface area (Å²) in [5.41, 5.74) is 1.21. The van der Waals surface area contributed by atoms with Crippen molar-refractivity contribution in [2.24, 2.45) is 0 Å². The maximum absolute atomic E-state index is 11.8. The highest BCUT2D eigenvalue weighted by molar-refractivity contribution is 9.10. The number of benzene rings is 1. The zero-order valence-corrected chi connectivity index (χ0v) is 11.5. The maximum Gasteiger partial charge on any atom is 0.222 e. The summed E-state index contributed by atoms with van der Waals surface area (Å²) in [6.45, 7) is 5.63. The molecule has 0 aliphatic heterocycles. The molecular weight excluding hydrogens is 266 g/mol. The van der Waals surface area contributed by atoms with Gasteiger partial charge in [0.05, 0.1) is 0 Å². The van der Waals surface area contributed by atoms with Gasteiger partial charge in [-0.1, -0.05) is 28.1 Å². The van der Waals surface area contributed by atoms with Gasteiger partial charge >= 0.3 is 0 Å². The molecule has 0 saturated carbocycles. The molecule has 1 aromatic carbocycles. The molecule has 0 N–H and O–H groups in total. The highest BCUT2D eigenvalue weighted by Gasteiger charge is 2.08. The second-order valence-electron chi connectivity index (χ2n) is 3.69. The standard InChI is InChI=1S/C13H18BrNO/c1-3-15(4-2)13(16)10-7-11-5-8-12(14)9-6-11/h5-6,8-9H,3-4,7,10H2,1-2H3. The predicted octanol–water partition coefficient (Wildman–Crippen LogP) is 3.25. The third-order valence-corrected chi connectivity index (χ3v) is 3.19. The summed E-state index contributed by atoms with van der Waals surface area (Å²) >= 11 is 3.40. The van der Waals surface area contributed by atoms with Gasteiger partial charge in [-0.05, 0) is 38.0 Å². The van der Waals surface area contributed by atoms with Gasteiger partial charge in [-0.25, -0.2) is 0 Å².